The van der Waals surface area contributed by atoms with Gasteiger partial charge in [0.25, 0.3) is 0 Å². The van der Waals surface area contributed by atoms with Gasteiger partial charge in [0.2, 0.25) is 0 Å². The number of aliphatic imine (C=N–C) groups is 1. The number of nitrogens with zero attached hydrogens (tertiary/aromatic N) is 1. The maximum Gasteiger partial charge on any atom is 0.126 e. The lowest BCUT2D eigenvalue weighted by atomic mass is 9.95. The van der Waals surface area contributed by atoms with Gasteiger partial charge in [-0.2, -0.15) is 0 Å². The number of ether oxygens (including phenoxy) is 1. The highest BCUT2D eigenvalue weighted by Gasteiger charge is 2.44. The summed E-state index contributed by atoms with van der Waals surface area (Å²) in [5, 5.41) is 0.734. The third-order valence-corrected chi connectivity index (χ3v) is 6.15. The summed E-state index contributed by atoms with van der Waals surface area (Å²) in [6.45, 7) is 2.60. The zero-order valence-electron chi connectivity index (χ0n) is 17.1. The summed E-state index contributed by atoms with van der Waals surface area (Å²) in [5.74, 6) is 0.940. The maximum absolute atomic E-state index is 13.3. The number of nitrogens with two attached hydrogens (primary N) is 1. The van der Waals surface area contributed by atoms with Crippen LogP contribution in [0.15, 0.2) is 65.7 Å². The molecule has 154 valence electrons. The molecular formula is C25H24ClFN2O. The molecule has 0 radical (unpaired) electrons. The molecule has 4 rings (SSSR count). The van der Waals surface area contributed by atoms with Gasteiger partial charge in [0, 0.05) is 21.6 Å². The van der Waals surface area contributed by atoms with Gasteiger partial charge in [0.05, 0.1) is 13.7 Å². The first-order valence-electron chi connectivity index (χ1n) is 9.93. The highest BCUT2D eigenvalue weighted by Crippen LogP contribution is 2.48. The lowest BCUT2D eigenvalue weighted by Crippen LogP contribution is -2.20. The van der Waals surface area contributed by atoms with E-state index in [1.807, 2.05) is 31.2 Å². The summed E-state index contributed by atoms with van der Waals surface area (Å²) < 4.78 is 18.9. The summed E-state index contributed by atoms with van der Waals surface area (Å²) in [4.78, 5) is 4.76. The molecule has 0 aliphatic heterocycles. The Bertz CT molecular complexity index is 1090. The van der Waals surface area contributed by atoms with Gasteiger partial charge >= 0.3 is 0 Å². The van der Waals surface area contributed by atoms with Crippen molar-refractivity contribution in [3.05, 3.63) is 88.2 Å². The fraction of sp³-hybridized carbons (Fsp3) is 0.240. The highest BCUT2D eigenvalue weighted by molar-refractivity contribution is 6.30. The summed E-state index contributed by atoms with van der Waals surface area (Å²) >= 11 is 6.03. The van der Waals surface area contributed by atoms with Crippen molar-refractivity contribution in [3.63, 3.8) is 0 Å². The van der Waals surface area contributed by atoms with E-state index in [1.165, 1.54) is 17.7 Å². The Labute approximate surface area is 181 Å². The summed E-state index contributed by atoms with van der Waals surface area (Å²) in [6.07, 6.45) is 2.17. The minimum Gasteiger partial charge on any atom is -0.496 e. The van der Waals surface area contributed by atoms with Crippen LogP contribution in [-0.2, 0) is 5.41 Å². The Morgan fingerprint density at radius 2 is 1.73 bits per heavy atom. The van der Waals surface area contributed by atoms with E-state index >= 15 is 0 Å². The van der Waals surface area contributed by atoms with Crippen LogP contribution < -0.4 is 10.5 Å². The molecule has 30 heavy (non-hydrogen) atoms. The number of hydrogen-bond acceptors (Lipinski definition) is 2. The average molecular weight is 423 g/mol. The molecule has 0 heterocycles. The summed E-state index contributed by atoms with van der Waals surface area (Å²) in [6, 6.07) is 18.3. The number of halogens is 2. The van der Waals surface area contributed by atoms with Gasteiger partial charge in [0.1, 0.15) is 17.4 Å². The molecule has 0 aromatic heterocycles. The molecule has 0 bridgehead atoms. The van der Waals surface area contributed by atoms with E-state index in [2.05, 4.69) is 12.1 Å². The van der Waals surface area contributed by atoms with E-state index < -0.39 is 0 Å². The van der Waals surface area contributed by atoms with E-state index in [9.17, 15) is 4.39 Å². The normalized spacial score (nSPS) is 15.1. The number of amidine groups is 1. The molecule has 1 fully saturated rings. The van der Waals surface area contributed by atoms with Crippen molar-refractivity contribution < 1.29 is 9.13 Å². The second-order valence-electron chi connectivity index (χ2n) is 7.85. The van der Waals surface area contributed by atoms with Crippen molar-refractivity contribution in [2.24, 2.45) is 10.7 Å². The minimum absolute atomic E-state index is 0.0434. The van der Waals surface area contributed by atoms with E-state index in [0.717, 1.165) is 45.9 Å². The smallest absolute Gasteiger partial charge is 0.126 e. The zero-order valence-corrected chi connectivity index (χ0v) is 17.8. The van der Waals surface area contributed by atoms with Crippen molar-refractivity contribution in [2.75, 3.05) is 13.7 Å². The zero-order chi connectivity index (χ0) is 21.3. The van der Waals surface area contributed by atoms with Crippen molar-refractivity contribution >= 4 is 17.4 Å². The first kappa shape index (κ1) is 20.4. The van der Waals surface area contributed by atoms with Gasteiger partial charge in [-0.3, -0.25) is 4.99 Å². The summed E-state index contributed by atoms with van der Waals surface area (Å²) in [7, 11) is 1.63. The molecule has 1 aliphatic rings. The molecule has 0 amide bonds. The van der Waals surface area contributed by atoms with Crippen LogP contribution in [0.5, 0.6) is 5.75 Å². The lowest BCUT2D eigenvalue weighted by molar-refractivity contribution is 0.412. The SMILES string of the molecule is COc1cc(-c2ccc(F)cc2)cc(C(N)=NCC2(c3ccc(Cl)cc3)CC2)c1C. The van der Waals surface area contributed by atoms with Crippen LogP contribution in [0.3, 0.4) is 0 Å². The molecule has 0 atom stereocenters. The van der Waals surface area contributed by atoms with Crippen LogP contribution in [0.25, 0.3) is 11.1 Å². The number of hydrogen-bond donors (Lipinski definition) is 1. The second kappa shape index (κ2) is 8.11. The quantitative estimate of drug-likeness (QED) is 0.397. The van der Waals surface area contributed by atoms with Crippen LogP contribution >= 0.6 is 11.6 Å². The van der Waals surface area contributed by atoms with E-state index in [-0.39, 0.29) is 11.2 Å². The summed E-state index contributed by atoms with van der Waals surface area (Å²) in [5.41, 5.74) is 11.3. The molecule has 0 spiro atoms. The Kier molecular flexibility index (Phi) is 5.52. The fourth-order valence-corrected chi connectivity index (χ4v) is 3.91. The fourth-order valence-electron chi connectivity index (χ4n) is 3.79. The van der Waals surface area contributed by atoms with Crippen molar-refractivity contribution in [1.29, 1.82) is 0 Å². The minimum atomic E-state index is -0.268. The molecule has 3 aromatic carbocycles. The van der Waals surface area contributed by atoms with Gasteiger partial charge in [-0.1, -0.05) is 35.9 Å². The van der Waals surface area contributed by atoms with Gasteiger partial charge in [-0.05, 0) is 72.9 Å². The predicted octanol–water partition coefficient (Wildman–Crippen LogP) is 5.90. The van der Waals surface area contributed by atoms with Gasteiger partial charge in [0.15, 0.2) is 0 Å². The highest BCUT2D eigenvalue weighted by atomic mass is 35.5. The first-order valence-corrected chi connectivity index (χ1v) is 10.3. The Balaban J connectivity index is 1.66. The Morgan fingerprint density at radius 3 is 2.33 bits per heavy atom. The third kappa shape index (κ3) is 4.05. The second-order valence-corrected chi connectivity index (χ2v) is 8.28. The van der Waals surface area contributed by atoms with Crippen LogP contribution in [0, 0.1) is 12.7 Å². The lowest BCUT2D eigenvalue weighted by Gasteiger charge is -2.16. The maximum atomic E-state index is 13.3. The Morgan fingerprint density at radius 1 is 1.07 bits per heavy atom. The molecule has 0 saturated heterocycles. The number of rotatable bonds is 6. The van der Waals surface area contributed by atoms with E-state index in [1.54, 1.807) is 19.2 Å². The van der Waals surface area contributed by atoms with Gasteiger partial charge < -0.3 is 10.5 Å². The largest absolute Gasteiger partial charge is 0.496 e. The van der Waals surface area contributed by atoms with Crippen LogP contribution in [0.4, 0.5) is 4.39 Å². The Hall–Kier alpha value is -2.85. The molecule has 1 aliphatic carbocycles. The average Bonchev–Trinajstić information content (AvgIpc) is 3.54. The predicted molar refractivity (Wildman–Crippen MR) is 121 cm³/mol. The number of benzene rings is 3. The van der Waals surface area contributed by atoms with Crippen molar-refractivity contribution in [1.82, 2.24) is 0 Å². The molecule has 0 unspecified atom stereocenters. The van der Waals surface area contributed by atoms with Crippen molar-refractivity contribution in [2.45, 2.75) is 25.2 Å². The van der Waals surface area contributed by atoms with Gasteiger partial charge in [-0.25, -0.2) is 4.39 Å². The monoisotopic (exact) mass is 422 g/mol. The molecule has 1 saturated carbocycles. The van der Waals surface area contributed by atoms with Gasteiger partial charge in [-0.15, -0.1) is 0 Å². The number of methoxy groups -OCH3 is 1. The molecular weight excluding hydrogens is 399 g/mol. The molecule has 2 N–H and O–H groups in total. The van der Waals surface area contributed by atoms with E-state index in [4.69, 9.17) is 27.1 Å². The standard InChI is InChI=1S/C25H24ClFN2O/c1-16-22(13-18(14-23(16)30-2)17-3-9-21(27)10-4-17)24(28)29-15-25(11-12-25)19-5-7-20(26)8-6-19/h3-10,13-14H,11-12,15H2,1-2H3,(H2,28,29). The van der Waals surface area contributed by atoms with Crippen LogP contribution in [0.2, 0.25) is 5.02 Å². The molecule has 5 heteroatoms. The topological polar surface area (TPSA) is 47.6 Å². The molecule has 3 nitrogen and oxygen atoms in total. The third-order valence-electron chi connectivity index (χ3n) is 5.90. The molecule has 3 aromatic rings. The van der Waals surface area contributed by atoms with Crippen LogP contribution in [0.1, 0.15) is 29.5 Å². The van der Waals surface area contributed by atoms with Crippen LogP contribution in [-0.4, -0.2) is 19.5 Å². The van der Waals surface area contributed by atoms with E-state index in [0.29, 0.717) is 12.4 Å². The van der Waals surface area contributed by atoms with Crippen molar-refractivity contribution in [3.8, 4) is 16.9 Å². The first-order chi connectivity index (χ1) is 14.4.